The average Bonchev–Trinajstić information content (AvgIpc) is 2.80. The van der Waals surface area contributed by atoms with Gasteiger partial charge in [0.1, 0.15) is 0 Å². The Labute approximate surface area is 180 Å². The van der Waals surface area contributed by atoms with Crippen LogP contribution in [0.25, 0.3) is 0 Å². The van der Waals surface area contributed by atoms with Crippen LogP contribution in [0.1, 0.15) is 69.5 Å². The Morgan fingerprint density at radius 1 is 1.00 bits per heavy atom. The standard InChI is InChI=1S/C26H34N2O2/c1-3-21-14-16-24(17-15-21)27-25(29)18-19-28(20(2)22-10-6-4-7-11-22)26(30)23-12-8-5-9-13-23/h4,6-7,10-11,14-17,20,23H,3,5,8-9,12-13,18-19H2,1-2H3,(H,27,29)/t20-/m1/s1. The summed E-state index contributed by atoms with van der Waals surface area (Å²) in [6.07, 6.45) is 6.67. The first-order valence-electron chi connectivity index (χ1n) is 11.3. The lowest BCUT2D eigenvalue weighted by Gasteiger charge is -2.34. The van der Waals surface area contributed by atoms with E-state index in [-0.39, 0.29) is 23.8 Å². The molecule has 0 unspecified atom stereocenters. The van der Waals surface area contributed by atoms with Gasteiger partial charge in [0.15, 0.2) is 0 Å². The molecule has 1 N–H and O–H groups in total. The monoisotopic (exact) mass is 406 g/mol. The highest BCUT2D eigenvalue weighted by molar-refractivity contribution is 5.91. The number of carbonyl (C=O) groups is 2. The third-order valence-corrected chi connectivity index (χ3v) is 6.21. The van der Waals surface area contributed by atoms with Crippen molar-refractivity contribution in [1.82, 2.24) is 4.90 Å². The van der Waals surface area contributed by atoms with Gasteiger partial charge in [-0.3, -0.25) is 9.59 Å². The Morgan fingerprint density at radius 2 is 1.67 bits per heavy atom. The molecule has 3 rings (SSSR count). The molecule has 1 aliphatic carbocycles. The van der Waals surface area contributed by atoms with Crippen LogP contribution in [0.15, 0.2) is 54.6 Å². The second-order valence-corrected chi connectivity index (χ2v) is 8.30. The Kier molecular flexibility index (Phi) is 8.06. The van der Waals surface area contributed by atoms with Crippen LogP contribution in [0, 0.1) is 5.92 Å². The second kappa shape index (κ2) is 11.0. The van der Waals surface area contributed by atoms with Gasteiger partial charge in [-0.1, -0.05) is 68.7 Å². The lowest BCUT2D eigenvalue weighted by molar-refractivity contribution is -0.139. The van der Waals surface area contributed by atoms with Crippen LogP contribution in [0.4, 0.5) is 5.69 Å². The molecule has 0 spiro atoms. The van der Waals surface area contributed by atoms with E-state index in [1.54, 1.807) is 0 Å². The van der Waals surface area contributed by atoms with Crippen molar-refractivity contribution in [2.75, 3.05) is 11.9 Å². The van der Waals surface area contributed by atoms with Crippen molar-refractivity contribution in [3.8, 4) is 0 Å². The van der Waals surface area contributed by atoms with Crippen molar-refractivity contribution in [2.45, 2.75) is 64.8 Å². The van der Waals surface area contributed by atoms with Crippen LogP contribution in [0.5, 0.6) is 0 Å². The summed E-state index contributed by atoms with van der Waals surface area (Å²) < 4.78 is 0. The molecule has 0 bridgehead atoms. The SMILES string of the molecule is CCc1ccc(NC(=O)CCN(C(=O)C2CCCCC2)[C@H](C)c2ccccc2)cc1. The molecule has 1 aliphatic rings. The van der Waals surface area contributed by atoms with Gasteiger partial charge in [0.05, 0.1) is 6.04 Å². The molecular formula is C26H34N2O2. The lowest BCUT2D eigenvalue weighted by atomic mass is 9.87. The fraction of sp³-hybridized carbons (Fsp3) is 0.462. The normalized spacial score (nSPS) is 15.4. The maximum Gasteiger partial charge on any atom is 0.226 e. The maximum atomic E-state index is 13.3. The van der Waals surface area contributed by atoms with Crippen molar-refractivity contribution >= 4 is 17.5 Å². The molecule has 4 nitrogen and oxygen atoms in total. The zero-order valence-corrected chi connectivity index (χ0v) is 18.3. The highest BCUT2D eigenvalue weighted by Gasteiger charge is 2.29. The third-order valence-electron chi connectivity index (χ3n) is 6.21. The Bertz CT molecular complexity index is 811. The van der Waals surface area contributed by atoms with E-state index in [0.29, 0.717) is 13.0 Å². The van der Waals surface area contributed by atoms with Crippen LogP contribution in [-0.2, 0) is 16.0 Å². The van der Waals surface area contributed by atoms with Crippen molar-refractivity contribution in [2.24, 2.45) is 5.92 Å². The number of nitrogens with one attached hydrogen (secondary N) is 1. The average molecular weight is 407 g/mol. The molecule has 2 aromatic carbocycles. The van der Waals surface area contributed by atoms with Crippen LogP contribution < -0.4 is 5.32 Å². The molecule has 2 amide bonds. The number of amides is 2. The van der Waals surface area contributed by atoms with E-state index >= 15 is 0 Å². The summed E-state index contributed by atoms with van der Waals surface area (Å²) in [5.41, 5.74) is 3.16. The molecule has 0 aromatic heterocycles. The topological polar surface area (TPSA) is 49.4 Å². The Hall–Kier alpha value is -2.62. The first kappa shape index (κ1) is 22.1. The molecule has 0 aliphatic heterocycles. The Morgan fingerprint density at radius 3 is 2.30 bits per heavy atom. The van der Waals surface area contributed by atoms with Gasteiger partial charge in [0.25, 0.3) is 0 Å². The minimum absolute atomic E-state index is 0.0442. The number of nitrogens with zero attached hydrogens (tertiary/aromatic N) is 1. The van der Waals surface area contributed by atoms with E-state index in [2.05, 4.69) is 31.3 Å². The lowest BCUT2D eigenvalue weighted by Crippen LogP contribution is -2.40. The highest BCUT2D eigenvalue weighted by Crippen LogP contribution is 2.29. The summed E-state index contributed by atoms with van der Waals surface area (Å²) in [6, 6.07) is 18.0. The number of carbonyl (C=O) groups excluding carboxylic acids is 2. The van der Waals surface area contributed by atoms with Crippen molar-refractivity contribution in [1.29, 1.82) is 0 Å². The van der Waals surface area contributed by atoms with Crippen LogP contribution in [-0.4, -0.2) is 23.3 Å². The van der Waals surface area contributed by atoms with E-state index in [0.717, 1.165) is 43.4 Å². The van der Waals surface area contributed by atoms with Gasteiger partial charge >= 0.3 is 0 Å². The summed E-state index contributed by atoms with van der Waals surface area (Å²) in [5.74, 6) is 0.238. The molecule has 1 fully saturated rings. The zero-order valence-electron chi connectivity index (χ0n) is 18.3. The molecule has 0 heterocycles. The zero-order chi connectivity index (χ0) is 21.3. The Balaban J connectivity index is 1.66. The summed E-state index contributed by atoms with van der Waals surface area (Å²) in [4.78, 5) is 27.9. The molecule has 1 saturated carbocycles. The minimum Gasteiger partial charge on any atom is -0.335 e. The molecule has 2 aromatic rings. The van der Waals surface area contributed by atoms with Gasteiger partial charge in [0, 0.05) is 24.6 Å². The molecule has 4 heteroatoms. The predicted octanol–water partition coefficient (Wildman–Crippen LogP) is 5.75. The van der Waals surface area contributed by atoms with E-state index < -0.39 is 0 Å². The molecule has 0 saturated heterocycles. The molecule has 1 atom stereocenters. The highest BCUT2D eigenvalue weighted by atomic mass is 16.2. The number of rotatable bonds is 8. The number of benzene rings is 2. The van der Waals surface area contributed by atoms with E-state index in [4.69, 9.17) is 0 Å². The van der Waals surface area contributed by atoms with Gasteiger partial charge < -0.3 is 10.2 Å². The van der Waals surface area contributed by atoms with E-state index in [9.17, 15) is 9.59 Å². The van der Waals surface area contributed by atoms with Crippen LogP contribution in [0.2, 0.25) is 0 Å². The molecule has 0 radical (unpaired) electrons. The third kappa shape index (κ3) is 5.94. The van der Waals surface area contributed by atoms with E-state index in [1.807, 2.05) is 47.4 Å². The first-order valence-corrected chi connectivity index (χ1v) is 11.3. The summed E-state index contributed by atoms with van der Waals surface area (Å²) in [5, 5.41) is 2.97. The molecular weight excluding hydrogens is 372 g/mol. The van der Waals surface area contributed by atoms with Crippen LogP contribution >= 0.6 is 0 Å². The van der Waals surface area contributed by atoms with Crippen molar-refractivity contribution in [3.05, 3.63) is 65.7 Å². The van der Waals surface area contributed by atoms with Crippen molar-refractivity contribution in [3.63, 3.8) is 0 Å². The van der Waals surface area contributed by atoms with Gasteiger partial charge in [-0.05, 0) is 49.4 Å². The van der Waals surface area contributed by atoms with E-state index in [1.165, 1.54) is 12.0 Å². The molecule has 160 valence electrons. The van der Waals surface area contributed by atoms with Crippen LogP contribution in [0.3, 0.4) is 0 Å². The predicted molar refractivity (Wildman–Crippen MR) is 122 cm³/mol. The fourth-order valence-corrected chi connectivity index (χ4v) is 4.26. The van der Waals surface area contributed by atoms with Gasteiger partial charge in [-0.25, -0.2) is 0 Å². The largest absolute Gasteiger partial charge is 0.335 e. The first-order chi connectivity index (χ1) is 14.6. The minimum atomic E-state index is -0.0547. The van der Waals surface area contributed by atoms with Gasteiger partial charge in [-0.2, -0.15) is 0 Å². The fourth-order valence-electron chi connectivity index (χ4n) is 4.26. The summed E-state index contributed by atoms with van der Waals surface area (Å²) in [6.45, 7) is 4.61. The second-order valence-electron chi connectivity index (χ2n) is 8.30. The quantitative estimate of drug-likeness (QED) is 0.607. The smallest absolute Gasteiger partial charge is 0.226 e. The maximum absolute atomic E-state index is 13.3. The number of hydrogen-bond donors (Lipinski definition) is 1. The number of aryl methyl sites for hydroxylation is 1. The molecule has 30 heavy (non-hydrogen) atoms. The number of anilines is 1. The summed E-state index contributed by atoms with van der Waals surface area (Å²) >= 11 is 0. The summed E-state index contributed by atoms with van der Waals surface area (Å²) in [7, 11) is 0. The van der Waals surface area contributed by atoms with Crippen molar-refractivity contribution < 1.29 is 9.59 Å². The van der Waals surface area contributed by atoms with Gasteiger partial charge in [0.2, 0.25) is 11.8 Å². The number of hydrogen-bond acceptors (Lipinski definition) is 2. The van der Waals surface area contributed by atoms with Gasteiger partial charge in [-0.15, -0.1) is 0 Å².